The van der Waals surface area contributed by atoms with Crippen molar-refractivity contribution in [2.45, 2.75) is 33.7 Å². The molecule has 0 bridgehead atoms. The van der Waals surface area contributed by atoms with Crippen molar-refractivity contribution in [1.82, 2.24) is 5.32 Å². The van der Waals surface area contributed by atoms with Gasteiger partial charge in [-0.25, -0.2) is 4.79 Å². The second kappa shape index (κ2) is 7.92. The van der Waals surface area contributed by atoms with Crippen molar-refractivity contribution < 1.29 is 14.3 Å². The Morgan fingerprint density at radius 3 is 2.57 bits per heavy atom. The van der Waals surface area contributed by atoms with Crippen LogP contribution in [0.15, 0.2) is 30.3 Å². The van der Waals surface area contributed by atoms with Crippen LogP contribution in [-0.2, 0) is 22.5 Å². The van der Waals surface area contributed by atoms with Gasteiger partial charge in [0.1, 0.15) is 4.88 Å². The van der Waals surface area contributed by atoms with Crippen LogP contribution in [0, 0.1) is 13.8 Å². The maximum Gasteiger partial charge on any atom is 0.348 e. The number of nitrogens with one attached hydrogen (secondary N) is 1. The zero-order valence-corrected chi connectivity index (χ0v) is 14.5. The number of ether oxygens (including phenoxy) is 1. The SMILES string of the molecule is CCc1sc(C(=O)OCC(=O)NCc2ccccc2C)cc1C. The number of aryl methyl sites for hydroxylation is 3. The average molecular weight is 331 g/mol. The molecule has 0 unspecified atom stereocenters. The second-order valence-electron chi connectivity index (χ2n) is 5.35. The van der Waals surface area contributed by atoms with Gasteiger partial charge >= 0.3 is 5.97 Å². The molecule has 1 aromatic heterocycles. The number of amides is 1. The van der Waals surface area contributed by atoms with E-state index >= 15 is 0 Å². The molecule has 1 N–H and O–H groups in total. The highest BCUT2D eigenvalue weighted by molar-refractivity contribution is 7.14. The predicted molar refractivity (Wildman–Crippen MR) is 91.7 cm³/mol. The van der Waals surface area contributed by atoms with E-state index in [4.69, 9.17) is 4.74 Å². The maximum atomic E-state index is 12.0. The average Bonchev–Trinajstić information content (AvgIpc) is 2.93. The van der Waals surface area contributed by atoms with Crippen LogP contribution < -0.4 is 5.32 Å². The summed E-state index contributed by atoms with van der Waals surface area (Å²) in [5.41, 5.74) is 3.26. The van der Waals surface area contributed by atoms with Crippen molar-refractivity contribution in [1.29, 1.82) is 0 Å². The molecule has 23 heavy (non-hydrogen) atoms. The molecule has 0 aliphatic heterocycles. The Morgan fingerprint density at radius 1 is 1.17 bits per heavy atom. The first kappa shape index (κ1) is 17.2. The van der Waals surface area contributed by atoms with Gasteiger partial charge in [0, 0.05) is 11.4 Å². The van der Waals surface area contributed by atoms with Crippen LogP contribution in [0.4, 0.5) is 0 Å². The molecular formula is C18H21NO3S. The van der Waals surface area contributed by atoms with E-state index in [1.54, 1.807) is 0 Å². The summed E-state index contributed by atoms with van der Waals surface area (Å²) >= 11 is 1.43. The molecular weight excluding hydrogens is 310 g/mol. The number of hydrogen-bond donors (Lipinski definition) is 1. The molecule has 0 aliphatic rings. The van der Waals surface area contributed by atoms with Crippen LogP contribution in [0.5, 0.6) is 0 Å². The molecule has 2 aromatic rings. The molecule has 122 valence electrons. The number of esters is 1. The topological polar surface area (TPSA) is 55.4 Å². The minimum absolute atomic E-state index is 0.261. The van der Waals surface area contributed by atoms with E-state index in [2.05, 4.69) is 5.32 Å². The van der Waals surface area contributed by atoms with E-state index in [9.17, 15) is 9.59 Å². The van der Waals surface area contributed by atoms with Crippen LogP contribution in [0.3, 0.4) is 0 Å². The van der Waals surface area contributed by atoms with Crippen molar-refractivity contribution in [2.24, 2.45) is 0 Å². The Balaban J connectivity index is 1.82. The van der Waals surface area contributed by atoms with Gasteiger partial charge in [-0.1, -0.05) is 31.2 Å². The monoisotopic (exact) mass is 331 g/mol. The molecule has 4 nitrogen and oxygen atoms in total. The van der Waals surface area contributed by atoms with E-state index in [0.29, 0.717) is 11.4 Å². The maximum absolute atomic E-state index is 12.0. The minimum Gasteiger partial charge on any atom is -0.451 e. The first-order valence-electron chi connectivity index (χ1n) is 7.59. The van der Waals surface area contributed by atoms with Crippen LogP contribution in [0.2, 0.25) is 0 Å². The highest BCUT2D eigenvalue weighted by Gasteiger charge is 2.14. The fourth-order valence-corrected chi connectivity index (χ4v) is 3.23. The number of thiophene rings is 1. The lowest BCUT2D eigenvalue weighted by atomic mass is 10.1. The van der Waals surface area contributed by atoms with Gasteiger partial charge in [0.25, 0.3) is 5.91 Å². The quantitative estimate of drug-likeness (QED) is 0.826. The molecule has 2 rings (SSSR count). The summed E-state index contributed by atoms with van der Waals surface area (Å²) in [6.07, 6.45) is 0.890. The Kier molecular flexibility index (Phi) is 5.93. The van der Waals surface area contributed by atoms with Crippen molar-refractivity contribution >= 4 is 23.2 Å². The summed E-state index contributed by atoms with van der Waals surface area (Å²) < 4.78 is 5.08. The fourth-order valence-electron chi connectivity index (χ4n) is 2.23. The van der Waals surface area contributed by atoms with E-state index in [0.717, 1.165) is 23.1 Å². The Bertz CT molecular complexity index is 706. The Hall–Kier alpha value is -2.14. The summed E-state index contributed by atoms with van der Waals surface area (Å²) in [6, 6.07) is 9.65. The van der Waals surface area contributed by atoms with Crippen LogP contribution in [0.1, 0.15) is 38.2 Å². The molecule has 1 amide bonds. The van der Waals surface area contributed by atoms with Gasteiger partial charge in [0.2, 0.25) is 0 Å². The molecule has 0 saturated carbocycles. The van der Waals surface area contributed by atoms with Crippen molar-refractivity contribution in [2.75, 3.05) is 6.61 Å². The molecule has 1 heterocycles. The first-order valence-corrected chi connectivity index (χ1v) is 8.40. The zero-order chi connectivity index (χ0) is 16.8. The zero-order valence-electron chi connectivity index (χ0n) is 13.6. The summed E-state index contributed by atoms with van der Waals surface area (Å²) in [6.45, 7) is 6.18. The molecule has 0 saturated heterocycles. The normalized spacial score (nSPS) is 10.4. The number of rotatable bonds is 6. The number of carbonyl (C=O) groups excluding carboxylic acids is 2. The third-order valence-electron chi connectivity index (χ3n) is 3.61. The Morgan fingerprint density at radius 2 is 1.91 bits per heavy atom. The van der Waals surface area contributed by atoms with E-state index < -0.39 is 5.97 Å². The van der Waals surface area contributed by atoms with Crippen LogP contribution in [-0.4, -0.2) is 18.5 Å². The molecule has 0 atom stereocenters. The van der Waals surface area contributed by atoms with Crippen molar-refractivity contribution in [3.05, 3.63) is 56.8 Å². The van der Waals surface area contributed by atoms with E-state index in [1.807, 2.05) is 51.1 Å². The number of carbonyl (C=O) groups is 2. The predicted octanol–water partition coefficient (Wildman–Crippen LogP) is 3.40. The second-order valence-corrected chi connectivity index (χ2v) is 6.49. The molecule has 0 aliphatic carbocycles. The van der Waals surface area contributed by atoms with E-state index in [-0.39, 0.29) is 12.5 Å². The van der Waals surface area contributed by atoms with Crippen LogP contribution >= 0.6 is 11.3 Å². The van der Waals surface area contributed by atoms with Gasteiger partial charge in [-0.2, -0.15) is 0 Å². The van der Waals surface area contributed by atoms with Crippen LogP contribution in [0.25, 0.3) is 0 Å². The number of benzene rings is 1. The summed E-state index contributed by atoms with van der Waals surface area (Å²) in [4.78, 5) is 25.5. The molecule has 0 spiro atoms. The lowest BCUT2D eigenvalue weighted by molar-refractivity contribution is -0.124. The molecule has 5 heteroatoms. The lowest BCUT2D eigenvalue weighted by Crippen LogP contribution is -2.28. The molecule has 0 fully saturated rings. The lowest BCUT2D eigenvalue weighted by Gasteiger charge is -2.08. The van der Waals surface area contributed by atoms with Gasteiger partial charge < -0.3 is 10.1 Å². The van der Waals surface area contributed by atoms with Gasteiger partial charge in [0.15, 0.2) is 6.61 Å². The highest BCUT2D eigenvalue weighted by Crippen LogP contribution is 2.22. The van der Waals surface area contributed by atoms with Crippen molar-refractivity contribution in [3.63, 3.8) is 0 Å². The van der Waals surface area contributed by atoms with Gasteiger partial charge in [-0.15, -0.1) is 11.3 Å². The first-order chi connectivity index (χ1) is 11.0. The van der Waals surface area contributed by atoms with Gasteiger partial charge in [-0.05, 0) is 43.0 Å². The summed E-state index contributed by atoms with van der Waals surface area (Å²) in [7, 11) is 0. The third kappa shape index (κ3) is 4.66. The summed E-state index contributed by atoms with van der Waals surface area (Å²) in [5, 5.41) is 2.76. The standard InChI is InChI=1S/C18H21NO3S/c1-4-15-13(3)9-16(23-15)18(21)22-11-17(20)19-10-14-8-6-5-7-12(14)2/h5-9H,4,10-11H2,1-3H3,(H,19,20). The van der Waals surface area contributed by atoms with Gasteiger partial charge in [0.05, 0.1) is 0 Å². The van der Waals surface area contributed by atoms with Crippen molar-refractivity contribution in [3.8, 4) is 0 Å². The van der Waals surface area contributed by atoms with Gasteiger partial charge in [-0.3, -0.25) is 4.79 Å². The smallest absolute Gasteiger partial charge is 0.348 e. The molecule has 0 radical (unpaired) electrons. The fraction of sp³-hybridized carbons (Fsp3) is 0.333. The molecule has 1 aromatic carbocycles. The summed E-state index contributed by atoms with van der Waals surface area (Å²) in [5.74, 6) is -0.741. The Labute approximate surface area is 140 Å². The largest absolute Gasteiger partial charge is 0.451 e. The number of hydrogen-bond acceptors (Lipinski definition) is 4. The minimum atomic E-state index is -0.441. The highest BCUT2D eigenvalue weighted by atomic mass is 32.1. The van der Waals surface area contributed by atoms with E-state index in [1.165, 1.54) is 16.2 Å². The third-order valence-corrected chi connectivity index (χ3v) is 4.98.